The van der Waals surface area contributed by atoms with Crippen molar-refractivity contribution >= 4 is 29.1 Å². The quantitative estimate of drug-likeness (QED) is 0.777. The molecule has 1 atom stereocenters. The van der Waals surface area contributed by atoms with Crippen molar-refractivity contribution in [3.8, 4) is 5.75 Å². The van der Waals surface area contributed by atoms with Crippen molar-refractivity contribution in [1.82, 2.24) is 4.90 Å². The van der Waals surface area contributed by atoms with Crippen LogP contribution in [0.5, 0.6) is 5.75 Å². The van der Waals surface area contributed by atoms with Gasteiger partial charge in [0.1, 0.15) is 11.1 Å². The van der Waals surface area contributed by atoms with E-state index in [4.69, 9.17) is 27.9 Å². The molecule has 0 saturated carbocycles. The molecule has 100 valence electrons. The zero-order valence-corrected chi connectivity index (χ0v) is 12.3. The first kappa shape index (κ1) is 15.1. The van der Waals surface area contributed by atoms with E-state index in [1.807, 2.05) is 13.8 Å². The van der Waals surface area contributed by atoms with Crippen molar-refractivity contribution in [2.24, 2.45) is 0 Å². The van der Waals surface area contributed by atoms with Gasteiger partial charge in [-0.3, -0.25) is 4.79 Å². The minimum absolute atomic E-state index is 0.159. The van der Waals surface area contributed by atoms with Crippen LogP contribution in [-0.4, -0.2) is 31.0 Å². The van der Waals surface area contributed by atoms with Gasteiger partial charge in [-0.05, 0) is 26.0 Å². The summed E-state index contributed by atoms with van der Waals surface area (Å²) in [5.74, 6) is 0.371. The van der Waals surface area contributed by atoms with Crippen LogP contribution in [0.25, 0.3) is 0 Å². The normalized spacial score (nSPS) is 12.1. The van der Waals surface area contributed by atoms with Gasteiger partial charge in [-0.1, -0.05) is 17.7 Å². The van der Waals surface area contributed by atoms with Crippen LogP contribution in [0.2, 0.25) is 5.02 Å². The number of alkyl halides is 1. The predicted molar refractivity (Wildman–Crippen MR) is 74.5 cm³/mol. The van der Waals surface area contributed by atoms with E-state index in [0.29, 0.717) is 29.4 Å². The number of amides is 1. The largest absolute Gasteiger partial charge is 0.496 e. The molecule has 18 heavy (non-hydrogen) atoms. The third kappa shape index (κ3) is 3.09. The van der Waals surface area contributed by atoms with Crippen molar-refractivity contribution in [3.05, 3.63) is 28.8 Å². The minimum Gasteiger partial charge on any atom is -0.496 e. The summed E-state index contributed by atoms with van der Waals surface area (Å²) in [5.41, 5.74) is 0.528. The number of benzene rings is 1. The highest BCUT2D eigenvalue weighted by atomic mass is 35.5. The van der Waals surface area contributed by atoms with Gasteiger partial charge < -0.3 is 9.64 Å². The second kappa shape index (κ2) is 6.86. The van der Waals surface area contributed by atoms with Crippen LogP contribution in [0.4, 0.5) is 0 Å². The van der Waals surface area contributed by atoms with Crippen LogP contribution >= 0.6 is 23.2 Å². The van der Waals surface area contributed by atoms with Crippen molar-refractivity contribution in [2.75, 3.05) is 20.2 Å². The third-order valence-electron chi connectivity index (χ3n) is 2.78. The lowest BCUT2D eigenvalue weighted by atomic mass is 10.1. The molecule has 0 heterocycles. The highest BCUT2D eigenvalue weighted by Gasteiger charge is 2.27. The molecule has 1 unspecified atom stereocenters. The van der Waals surface area contributed by atoms with Gasteiger partial charge in [0, 0.05) is 23.7 Å². The van der Waals surface area contributed by atoms with Gasteiger partial charge in [0.25, 0.3) is 0 Å². The lowest BCUT2D eigenvalue weighted by molar-refractivity contribution is -0.130. The molecule has 0 bridgehead atoms. The van der Waals surface area contributed by atoms with Gasteiger partial charge in [0.15, 0.2) is 0 Å². The molecule has 0 aliphatic heterocycles. The Kier molecular flexibility index (Phi) is 5.76. The number of likely N-dealkylation sites (N-methyl/N-ethyl adjacent to an activating group) is 1. The number of carbonyl (C=O) groups is 1. The van der Waals surface area contributed by atoms with Crippen molar-refractivity contribution in [2.45, 2.75) is 19.2 Å². The molecule has 1 amide bonds. The van der Waals surface area contributed by atoms with E-state index in [-0.39, 0.29) is 5.91 Å². The fraction of sp³-hybridized carbons (Fsp3) is 0.462. The molecule has 0 saturated heterocycles. The Morgan fingerprint density at radius 2 is 2.00 bits per heavy atom. The molecule has 5 heteroatoms. The Bertz CT molecular complexity index is 419. The van der Waals surface area contributed by atoms with Crippen LogP contribution < -0.4 is 4.74 Å². The summed E-state index contributed by atoms with van der Waals surface area (Å²) in [6, 6.07) is 5.20. The fourth-order valence-electron chi connectivity index (χ4n) is 1.76. The Hall–Kier alpha value is -0.930. The molecule has 0 aromatic heterocycles. The van der Waals surface area contributed by atoms with E-state index < -0.39 is 5.38 Å². The molecule has 3 nitrogen and oxygen atoms in total. The van der Waals surface area contributed by atoms with E-state index in [2.05, 4.69) is 0 Å². The predicted octanol–water partition coefficient (Wildman–Crippen LogP) is 3.50. The molecule has 0 N–H and O–H groups in total. The molecular formula is C13H17Cl2NO2. The average Bonchev–Trinajstić information content (AvgIpc) is 2.38. The number of nitrogens with zero attached hydrogens (tertiary/aromatic N) is 1. The molecule has 1 rings (SSSR count). The monoisotopic (exact) mass is 289 g/mol. The summed E-state index contributed by atoms with van der Waals surface area (Å²) in [4.78, 5) is 13.9. The van der Waals surface area contributed by atoms with Gasteiger partial charge >= 0.3 is 0 Å². The second-order valence-electron chi connectivity index (χ2n) is 3.73. The zero-order valence-electron chi connectivity index (χ0n) is 10.7. The number of carbonyl (C=O) groups excluding carboxylic acids is 1. The molecule has 0 aliphatic carbocycles. The Labute approximate surface area is 118 Å². The number of halogens is 2. The molecule has 1 aromatic rings. The van der Waals surface area contributed by atoms with E-state index >= 15 is 0 Å². The molecule has 0 fully saturated rings. The smallest absolute Gasteiger partial charge is 0.245 e. The van der Waals surface area contributed by atoms with E-state index in [0.717, 1.165) is 0 Å². The third-order valence-corrected chi connectivity index (χ3v) is 3.51. The summed E-state index contributed by atoms with van der Waals surface area (Å²) >= 11 is 12.3. The van der Waals surface area contributed by atoms with Crippen LogP contribution in [-0.2, 0) is 4.79 Å². The Morgan fingerprint density at radius 3 is 2.50 bits per heavy atom. The summed E-state index contributed by atoms with van der Waals surface area (Å²) in [5, 5.41) is -0.386. The van der Waals surface area contributed by atoms with E-state index in [1.54, 1.807) is 23.1 Å². The topological polar surface area (TPSA) is 29.5 Å². The second-order valence-corrected chi connectivity index (χ2v) is 4.57. The summed E-state index contributed by atoms with van der Waals surface area (Å²) in [6.45, 7) is 5.06. The maximum Gasteiger partial charge on any atom is 0.245 e. The van der Waals surface area contributed by atoms with E-state index in [1.165, 1.54) is 7.11 Å². The summed E-state index contributed by atoms with van der Waals surface area (Å²) in [7, 11) is 1.53. The summed E-state index contributed by atoms with van der Waals surface area (Å²) in [6.07, 6.45) is 0. The van der Waals surface area contributed by atoms with Crippen LogP contribution in [0, 0.1) is 0 Å². The first-order chi connectivity index (χ1) is 8.56. The van der Waals surface area contributed by atoms with Crippen LogP contribution in [0.15, 0.2) is 18.2 Å². The molecule has 0 aliphatic rings. The lowest BCUT2D eigenvalue weighted by Crippen LogP contribution is -2.33. The van der Waals surface area contributed by atoms with Gasteiger partial charge in [-0.25, -0.2) is 0 Å². The highest BCUT2D eigenvalue weighted by Crippen LogP contribution is 2.36. The van der Waals surface area contributed by atoms with E-state index in [9.17, 15) is 4.79 Å². The van der Waals surface area contributed by atoms with Gasteiger partial charge in [0.2, 0.25) is 5.91 Å². The molecule has 1 aromatic carbocycles. The average molecular weight is 290 g/mol. The maximum absolute atomic E-state index is 12.2. The Morgan fingerprint density at radius 1 is 1.39 bits per heavy atom. The van der Waals surface area contributed by atoms with Crippen molar-refractivity contribution in [3.63, 3.8) is 0 Å². The first-order valence-electron chi connectivity index (χ1n) is 5.82. The van der Waals surface area contributed by atoms with Crippen molar-refractivity contribution in [1.29, 1.82) is 0 Å². The Balaban J connectivity index is 3.10. The number of hydrogen-bond donors (Lipinski definition) is 0. The van der Waals surface area contributed by atoms with Crippen molar-refractivity contribution < 1.29 is 9.53 Å². The maximum atomic E-state index is 12.2. The van der Waals surface area contributed by atoms with Gasteiger partial charge in [-0.2, -0.15) is 0 Å². The number of methoxy groups -OCH3 is 1. The first-order valence-corrected chi connectivity index (χ1v) is 6.63. The SMILES string of the molecule is CCN(CC)C(=O)C(Cl)c1c(Cl)cccc1OC. The van der Waals surface area contributed by atoms with Crippen LogP contribution in [0.1, 0.15) is 24.8 Å². The van der Waals surface area contributed by atoms with Gasteiger partial charge in [0.05, 0.1) is 7.11 Å². The molecule has 0 spiro atoms. The molecular weight excluding hydrogens is 273 g/mol. The molecule has 0 radical (unpaired) electrons. The van der Waals surface area contributed by atoms with Crippen LogP contribution in [0.3, 0.4) is 0 Å². The number of rotatable bonds is 5. The minimum atomic E-state index is -0.825. The van der Waals surface area contributed by atoms with Gasteiger partial charge in [-0.15, -0.1) is 11.6 Å². The highest BCUT2D eigenvalue weighted by molar-refractivity contribution is 6.36. The fourth-order valence-corrected chi connectivity index (χ4v) is 2.45. The zero-order chi connectivity index (χ0) is 13.7. The standard InChI is InChI=1S/C13H17Cl2NO2/c1-4-16(5-2)13(17)12(15)11-9(14)7-6-8-10(11)18-3/h6-8,12H,4-5H2,1-3H3. The number of ether oxygens (including phenoxy) is 1. The lowest BCUT2D eigenvalue weighted by Gasteiger charge is -2.23. The summed E-state index contributed by atoms with van der Waals surface area (Å²) < 4.78 is 5.20. The number of hydrogen-bond acceptors (Lipinski definition) is 2.